The quantitative estimate of drug-likeness (QED) is 0.860. The van der Waals surface area contributed by atoms with Gasteiger partial charge >= 0.3 is 0 Å². The Morgan fingerprint density at radius 3 is 2.44 bits per heavy atom. The van der Waals surface area contributed by atoms with Crippen LogP contribution >= 0.6 is 12.2 Å². The van der Waals surface area contributed by atoms with Gasteiger partial charge in [-0.3, -0.25) is 0 Å². The molecule has 2 aromatic rings. The third kappa shape index (κ3) is 2.76. The Bertz CT molecular complexity index is 602. The molecule has 0 spiro atoms. The van der Waals surface area contributed by atoms with Gasteiger partial charge in [0.15, 0.2) is 0 Å². The number of ether oxygens (including phenoxy) is 1. The van der Waals surface area contributed by atoms with Crippen molar-refractivity contribution in [3.63, 3.8) is 0 Å². The SMILES string of the molecule is COc1ccc(Cc2nc(=S)c(C)c(C)[nH]2)cc1. The van der Waals surface area contributed by atoms with Crippen LogP contribution in [0.1, 0.15) is 22.6 Å². The molecule has 0 saturated heterocycles. The van der Waals surface area contributed by atoms with E-state index in [1.54, 1.807) is 7.11 Å². The van der Waals surface area contributed by atoms with E-state index in [1.165, 1.54) is 5.56 Å². The van der Waals surface area contributed by atoms with E-state index in [0.29, 0.717) is 4.64 Å². The van der Waals surface area contributed by atoms with Crippen LogP contribution in [0.3, 0.4) is 0 Å². The van der Waals surface area contributed by atoms with E-state index in [4.69, 9.17) is 17.0 Å². The van der Waals surface area contributed by atoms with Crippen LogP contribution in [0.15, 0.2) is 24.3 Å². The highest BCUT2D eigenvalue weighted by Gasteiger charge is 2.03. The molecular formula is C14H16N2OS. The summed E-state index contributed by atoms with van der Waals surface area (Å²) in [5.74, 6) is 1.76. The molecule has 0 aliphatic heterocycles. The number of aromatic amines is 1. The molecular weight excluding hydrogens is 244 g/mol. The molecule has 0 saturated carbocycles. The third-order valence-electron chi connectivity index (χ3n) is 2.98. The average molecular weight is 260 g/mol. The Morgan fingerprint density at radius 2 is 1.89 bits per heavy atom. The summed E-state index contributed by atoms with van der Waals surface area (Å²) in [7, 11) is 1.66. The minimum absolute atomic E-state index is 0.676. The van der Waals surface area contributed by atoms with Gasteiger partial charge < -0.3 is 9.72 Å². The summed E-state index contributed by atoms with van der Waals surface area (Å²) < 4.78 is 5.81. The Morgan fingerprint density at radius 1 is 1.22 bits per heavy atom. The molecule has 0 unspecified atom stereocenters. The molecule has 94 valence electrons. The third-order valence-corrected chi connectivity index (χ3v) is 3.38. The van der Waals surface area contributed by atoms with Gasteiger partial charge in [-0.05, 0) is 31.5 Å². The Labute approximate surface area is 112 Å². The Hall–Kier alpha value is -1.68. The van der Waals surface area contributed by atoms with E-state index in [2.05, 4.69) is 9.97 Å². The highest BCUT2D eigenvalue weighted by Crippen LogP contribution is 2.14. The summed E-state index contributed by atoms with van der Waals surface area (Å²) in [5, 5.41) is 0. The highest BCUT2D eigenvalue weighted by atomic mass is 32.1. The van der Waals surface area contributed by atoms with Crippen LogP contribution in [0, 0.1) is 18.5 Å². The second-order valence-electron chi connectivity index (χ2n) is 4.26. The number of methoxy groups -OCH3 is 1. The van der Waals surface area contributed by atoms with Gasteiger partial charge in [-0.15, -0.1) is 0 Å². The van der Waals surface area contributed by atoms with Gasteiger partial charge in [-0.25, -0.2) is 4.98 Å². The van der Waals surface area contributed by atoms with Gasteiger partial charge in [0, 0.05) is 17.7 Å². The van der Waals surface area contributed by atoms with E-state index < -0.39 is 0 Å². The first-order valence-corrected chi connectivity index (χ1v) is 6.20. The summed E-state index contributed by atoms with van der Waals surface area (Å²) >= 11 is 5.23. The Kier molecular flexibility index (Phi) is 3.77. The van der Waals surface area contributed by atoms with Crippen molar-refractivity contribution in [3.05, 3.63) is 51.6 Å². The lowest BCUT2D eigenvalue weighted by Gasteiger charge is -2.06. The van der Waals surface area contributed by atoms with Crippen molar-refractivity contribution in [2.24, 2.45) is 0 Å². The number of aromatic nitrogens is 2. The number of hydrogen-bond donors (Lipinski definition) is 1. The number of aryl methyl sites for hydroxylation is 1. The lowest BCUT2D eigenvalue weighted by Crippen LogP contribution is -2.01. The lowest BCUT2D eigenvalue weighted by molar-refractivity contribution is 0.414. The highest BCUT2D eigenvalue weighted by molar-refractivity contribution is 7.71. The standard InChI is InChI=1S/C14H16N2OS/c1-9-10(2)15-13(16-14(9)18)8-11-4-6-12(17-3)7-5-11/h4-7H,8H2,1-3H3,(H,15,16,18). The molecule has 1 heterocycles. The molecule has 0 aliphatic carbocycles. The predicted molar refractivity (Wildman–Crippen MR) is 74.7 cm³/mol. The number of H-pyrrole nitrogens is 1. The molecule has 0 radical (unpaired) electrons. The van der Waals surface area contributed by atoms with Crippen molar-refractivity contribution in [2.75, 3.05) is 7.11 Å². The van der Waals surface area contributed by atoms with Gasteiger partial charge in [0.25, 0.3) is 0 Å². The monoisotopic (exact) mass is 260 g/mol. The first kappa shape index (κ1) is 12.8. The zero-order chi connectivity index (χ0) is 13.1. The number of nitrogens with one attached hydrogen (secondary N) is 1. The molecule has 0 fully saturated rings. The fourth-order valence-corrected chi connectivity index (χ4v) is 1.99. The van der Waals surface area contributed by atoms with Crippen molar-refractivity contribution in [3.8, 4) is 5.75 Å². The lowest BCUT2D eigenvalue weighted by atomic mass is 10.1. The minimum Gasteiger partial charge on any atom is -0.497 e. The van der Waals surface area contributed by atoms with E-state index in [-0.39, 0.29) is 0 Å². The average Bonchev–Trinajstić information content (AvgIpc) is 2.37. The number of hydrogen-bond acceptors (Lipinski definition) is 3. The first-order chi connectivity index (χ1) is 8.60. The number of nitrogens with zero attached hydrogens (tertiary/aromatic N) is 1. The second-order valence-corrected chi connectivity index (χ2v) is 4.65. The summed E-state index contributed by atoms with van der Waals surface area (Å²) in [6, 6.07) is 7.97. The van der Waals surface area contributed by atoms with Crippen LogP contribution in [0.25, 0.3) is 0 Å². The van der Waals surface area contributed by atoms with Crippen LogP contribution in [0.2, 0.25) is 0 Å². The maximum absolute atomic E-state index is 5.23. The van der Waals surface area contributed by atoms with E-state index in [0.717, 1.165) is 29.3 Å². The number of rotatable bonds is 3. The van der Waals surface area contributed by atoms with Gasteiger partial charge in [-0.2, -0.15) is 0 Å². The molecule has 1 aromatic carbocycles. The largest absolute Gasteiger partial charge is 0.497 e. The van der Waals surface area contributed by atoms with Gasteiger partial charge in [0.2, 0.25) is 0 Å². The summed E-state index contributed by atoms with van der Waals surface area (Å²) in [4.78, 5) is 7.68. The maximum atomic E-state index is 5.23. The van der Waals surface area contributed by atoms with Crippen molar-refractivity contribution in [1.82, 2.24) is 9.97 Å². The molecule has 0 bridgehead atoms. The molecule has 4 heteroatoms. The molecule has 0 amide bonds. The second kappa shape index (κ2) is 5.31. The van der Waals surface area contributed by atoms with Crippen LogP contribution in [-0.2, 0) is 6.42 Å². The van der Waals surface area contributed by atoms with Gasteiger partial charge in [-0.1, -0.05) is 24.4 Å². The van der Waals surface area contributed by atoms with E-state index in [1.807, 2.05) is 38.1 Å². The summed E-state index contributed by atoms with van der Waals surface area (Å²) in [5.41, 5.74) is 3.30. The topological polar surface area (TPSA) is 37.9 Å². The van der Waals surface area contributed by atoms with Gasteiger partial charge in [0.05, 0.1) is 7.11 Å². The summed E-state index contributed by atoms with van der Waals surface area (Å²) in [6.45, 7) is 4.00. The molecule has 0 atom stereocenters. The van der Waals surface area contributed by atoms with E-state index >= 15 is 0 Å². The van der Waals surface area contributed by atoms with Crippen molar-refractivity contribution in [2.45, 2.75) is 20.3 Å². The van der Waals surface area contributed by atoms with Crippen LogP contribution in [-0.4, -0.2) is 17.1 Å². The van der Waals surface area contributed by atoms with E-state index in [9.17, 15) is 0 Å². The normalized spacial score (nSPS) is 10.4. The van der Waals surface area contributed by atoms with Crippen LogP contribution in [0.5, 0.6) is 5.75 Å². The van der Waals surface area contributed by atoms with Crippen molar-refractivity contribution in [1.29, 1.82) is 0 Å². The summed E-state index contributed by atoms with van der Waals surface area (Å²) in [6.07, 6.45) is 0.745. The maximum Gasteiger partial charge on any atom is 0.132 e. The smallest absolute Gasteiger partial charge is 0.132 e. The fourth-order valence-electron chi connectivity index (χ4n) is 1.73. The molecule has 2 rings (SSSR count). The number of benzene rings is 1. The van der Waals surface area contributed by atoms with Crippen molar-refractivity contribution >= 4 is 12.2 Å². The zero-order valence-corrected chi connectivity index (χ0v) is 11.6. The molecule has 18 heavy (non-hydrogen) atoms. The van der Waals surface area contributed by atoms with Gasteiger partial charge in [0.1, 0.15) is 16.2 Å². The molecule has 1 N–H and O–H groups in total. The minimum atomic E-state index is 0.676. The zero-order valence-electron chi connectivity index (χ0n) is 10.8. The van der Waals surface area contributed by atoms with Crippen LogP contribution in [0.4, 0.5) is 0 Å². The molecule has 0 aliphatic rings. The molecule has 3 nitrogen and oxygen atoms in total. The Balaban J connectivity index is 2.25. The fraction of sp³-hybridized carbons (Fsp3) is 0.286. The first-order valence-electron chi connectivity index (χ1n) is 5.79. The van der Waals surface area contributed by atoms with Crippen LogP contribution < -0.4 is 4.74 Å². The van der Waals surface area contributed by atoms with Crippen molar-refractivity contribution < 1.29 is 4.74 Å². The predicted octanol–water partition coefficient (Wildman–Crippen LogP) is 3.36. The molecule has 1 aromatic heterocycles.